The summed E-state index contributed by atoms with van der Waals surface area (Å²) in [4.78, 5) is 27.7. The van der Waals surface area contributed by atoms with Gasteiger partial charge in [-0.2, -0.15) is 0 Å². The molecule has 0 bridgehead atoms. The standard InChI is InChI=1S/C17H19ClN2O3S/c1-3-17(4-2,11-5-7-12(18)8-6-11)16(23)19-9-14-20-13(10-24-14)15(21)22/h5-8,10H,3-4,9H2,1-2H3,(H,19,23)(H,21,22). The van der Waals surface area contributed by atoms with Gasteiger partial charge < -0.3 is 10.4 Å². The van der Waals surface area contributed by atoms with Crippen LogP contribution in [0.3, 0.4) is 0 Å². The number of carbonyl (C=O) groups excluding carboxylic acids is 1. The number of amides is 1. The van der Waals surface area contributed by atoms with E-state index in [9.17, 15) is 9.59 Å². The average Bonchev–Trinajstić information content (AvgIpc) is 3.05. The van der Waals surface area contributed by atoms with Crippen molar-refractivity contribution >= 4 is 34.8 Å². The molecule has 1 heterocycles. The molecule has 1 amide bonds. The van der Waals surface area contributed by atoms with E-state index in [1.807, 2.05) is 26.0 Å². The maximum Gasteiger partial charge on any atom is 0.355 e. The zero-order chi connectivity index (χ0) is 17.7. The van der Waals surface area contributed by atoms with Crippen molar-refractivity contribution in [1.29, 1.82) is 0 Å². The minimum absolute atomic E-state index is 0.000744. The third-order valence-corrected chi connectivity index (χ3v) is 5.31. The zero-order valence-electron chi connectivity index (χ0n) is 13.5. The van der Waals surface area contributed by atoms with Gasteiger partial charge in [0.15, 0.2) is 5.69 Å². The van der Waals surface area contributed by atoms with Crippen molar-refractivity contribution in [2.75, 3.05) is 0 Å². The van der Waals surface area contributed by atoms with Gasteiger partial charge in [-0.25, -0.2) is 9.78 Å². The smallest absolute Gasteiger partial charge is 0.355 e. The normalized spacial score (nSPS) is 11.3. The maximum atomic E-state index is 12.8. The van der Waals surface area contributed by atoms with E-state index >= 15 is 0 Å². The summed E-state index contributed by atoms with van der Waals surface area (Å²) in [7, 11) is 0. The Balaban J connectivity index is 2.16. The molecular formula is C17H19ClN2O3S. The zero-order valence-corrected chi connectivity index (χ0v) is 15.1. The summed E-state index contributed by atoms with van der Waals surface area (Å²) in [5.74, 6) is -1.16. The largest absolute Gasteiger partial charge is 0.476 e. The van der Waals surface area contributed by atoms with E-state index in [0.717, 1.165) is 5.56 Å². The van der Waals surface area contributed by atoms with Gasteiger partial charge in [-0.15, -0.1) is 11.3 Å². The first kappa shape index (κ1) is 18.4. The van der Waals surface area contributed by atoms with E-state index in [0.29, 0.717) is 22.9 Å². The molecule has 5 nitrogen and oxygen atoms in total. The molecule has 1 aromatic heterocycles. The van der Waals surface area contributed by atoms with Crippen LogP contribution in [0.25, 0.3) is 0 Å². The van der Waals surface area contributed by atoms with Crippen LogP contribution < -0.4 is 5.32 Å². The van der Waals surface area contributed by atoms with Gasteiger partial charge in [0.2, 0.25) is 5.91 Å². The molecule has 128 valence electrons. The third-order valence-electron chi connectivity index (χ3n) is 4.21. The van der Waals surface area contributed by atoms with Crippen molar-refractivity contribution in [3.05, 3.63) is 50.9 Å². The number of hydrogen-bond acceptors (Lipinski definition) is 4. The molecule has 2 N–H and O–H groups in total. The monoisotopic (exact) mass is 366 g/mol. The molecule has 0 saturated carbocycles. The van der Waals surface area contributed by atoms with Crippen molar-refractivity contribution in [1.82, 2.24) is 10.3 Å². The Morgan fingerprint density at radius 2 is 1.88 bits per heavy atom. The fourth-order valence-corrected chi connectivity index (χ4v) is 3.53. The lowest BCUT2D eigenvalue weighted by Crippen LogP contribution is -2.43. The number of nitrogens with zero attached hydrogens (tertiary/aromatic N) is 1. The highest BCUT2D eigenvalue weighted by atomic mass is 35.5. The van der Waals surface area contributed by atoms with Gasteiger partial charge in [-0.1, -0.05) is 37.6 Å². The van der Waals surface area contributed by atoms with Gasteiger partial charge >= 0.3 is 5.97 Å². The van der Waals surface area contributed by atoms with Gasteiger partial charge in [0.05, 0.1) is 12.0 Å². The number of benzene rings is 1. The number of nitrogens with one attached hydrogen (secondary N) is 1. The van der Waals surface area contributed by atoms with E-state index in [-0.39, 0.29) is 18.1 Å². The van der Waals surface area contributed by atoms with E-state index in [1.165, 1.54) is 16.7 Å². The predicted molar refractivity (Wildman–Crippen MR) is 94.6 cm³/mol. The number of halogens is 1. The highest BCUT2D eigenvalue weighted by Gasteiger charge is 2.36. The van der Waals surface area contributed by atoms with Crippen LogP contribution in [0.4, 0.5) is 0 Å². The molecule has 2 rings (SSSR count). The molecule has 0 aliphatic rings. The number of carboxylic acid groups (broad SMARTS) is 1. The van der Waals surface area contributed by atoms with Crippen LogP contribution in [0.15, 0.2) is 29.6 Å². The quantitative estimate of drug-likeness (QED) is 0.779. The molecule has 0 aliphatic carbocycles. The number of carboxylic acids is 1. The van der Waals surface area contributed by atoms with Gasteiger partial charge in [0, 0.05) is 10.4 Å². The molecule has 24 heavy (non-hydrogen) atoms. The summed E-state index contributed by atoms with van der Waals surface area (Å²) >= 11 is 7.16. The van der Waals surface area contributed by atoms with Crippen molar-refractivity contribution in [2.24, 2.45) is 0 Å². The Hall–Kier alpha value is -1.92. The number of carbonyl (C=O) groups is 2. The van der Waals surface area contributed by atoms with Crippen LogP contribution in [0, 0.1) is 0 Å². The molecule has 0 aliphatic heterocycles. The van der Waals surface area contributed by atoms with E-state index in [2.05, 4.69) is 10.3 Å². The minimum Gasteiger partial charge on any atom is -0.476 e. The predicted octanol–water partition coefficient (Wildman–Crippen LogP) is 3.87. The Kier molecular flexibility index (Phi) is 5.96. The van der Waals surface area contributed by atoms with Crippen LogP contribution in [-0.4, -0.2) is 22.0 Å². The van der Waals surface area contributed by atoms with E-state index in [1.54, 1.807) is 12.1 Å². The summed E-state index contributed by atoms with van der Waals surface area (Å²) in [5.41, 5.74) is 0.274. The summed E-state index contributed by atoms with van der Waals surface area (Å²) in [6.07, 6.45) is 1.30. The maximum absolute atomic E-state index is 12.8. The van der Waals surface area contributed by atoms with Crippen LogP contribution in [0.5, 0.6) is 0 Å². The van der Waals surface area contributed by atoms with Gasteiger partial charge in [-0.3, -0.25) is 4.79 Å². The van der Waals surface area contributed by atoms with Crippen LogP contribution >= 0.6 is 22.9 Å². The average molecular weight is 367 g/mol. The lowest BCUT2D eigenvalue weighted by Gasteiger charge is -2.30. The Morgan fingerprint density at radius 3 is 2.38 bits per heavy atom. The molecule has 1 aromatic carbocycles. The number of aromatic nitrogens is 1. The second kappa shape index (κ2) is 7.77. The fraction of sp³-hybridized carbons (Fsp3) is 0.353. The first-order chi connectivity index (χ1) is 11.4. The van der Waals surface area contributed by atoms with Crippen LogP contribution in [0.2, 0.25) is 5.02 Å². The number of aromatic carboxylic acids is 1. The number of thiazole rings is 1. The van der Waals surface area contributed by atoms with Crippen LogP contribution in [0.1, 0.15) is 47.7 Å². The van der Waals surface area contributed by atoms with Crippen LogP contribution in [-0.2, 0) is 16.8 Å². The lowest BCUT2D eigenvalue weighted by atomic mass is 9.75. The molecular weight excluding hydrogens is 348 g/mol. The third kappa shape index (κ3) is 3.76. The second-order valence-electron chi connectivity index (χ2n) is 5.41. The van der Waals surface area contributed by atoms with Crippen molar-refractivity contribution in [3.8, 4) is 0 Å². The Morgan fingerprint density at radius 1 is 1.25 bits per heavy atom. The minimum atomic E-state index is -1.07. The van der Waals surface area contributed by atoms with E-state index in [4.69, 9.17) is 16.7 Å². The summed E-state index contributed by atoms with van der Waals surface area (Å²) in [5, 5.41) is 14.5. The Bertz CT molecular complexity index is 724. The second-order valence-corrected chi connectivity index (χ2v) is 6.79. The topological polar surface area (TPSA) is 79.3 Å². The summed E-state index contributed by atoms with van der Waals surface area (Å²) in [6.45, 7) is 4.17. The highest BCUT2D eigenvalue weighted by Crippen LogP contribution is 2.33. The SMILES string of the molecule is CCC(CC)(C(=O)NCc1nc(C(=O)O)cs1)c1ccc(Cl)cc1. The molecule has 7 heteroatoms. The fourth-order valence-electron chi connectivity index (χ4n) is 2.69. The molecule has 0 atom stereocenters. The Labute approximate surface area is 149 Å². The molecule has 0 spiro atoms. The molecule has 2 aromatic rings. The molecule has 0 saturated heterocycles. The molecule has 0 fully saturated rings. The summed E-state index contributed by atoms with van der Waals surface area (Å²) < 4.78 is 0. The van der Waals surface area contributed by atoms with Crippen molar-refractivity contribution in [2.45, 2.75) is 38.6 Å². The van der Waals surface area contributed by atoms with Gasteiger partial charge in [0.1, 0.15) is 5.01 Å². The lowest BCUT2D eigenvalue weighted by molar-refractivity contribution is -0.127. The first-order valence-electron chi connectivity index (χ1n) is 7.65. The van der Waals surface area contributed by atoms with Crippen molar-refractivity contribution < 1.29 is 14.7 Å². The van der Waals surface area contributed by atoms with Gasteiger partial charge in [0.25, 0.3) is 0 Å². The van der Waals surface area contributed by atoms with E-state index < -0.39 is 11.4 Å². The summed E-state index contributed by atoms with van der Waals surface area (Å²) in [6, 6.07) is 7.32. The number of rotatable bonds is 7. The molecule has 0 radical (unpaired) electrons. The molecule has 0 unspecified atom stereocenters. The van der Waals surface area contributed by atoms with Crippen molar-refractivity contribution in [3.63, 3.8) is 0 Å². The van der Waals surface area contributed by atoms with Gasteiger partial charge in [-0.05, 0) is 30.5 Å². The first-order valence-corrected chi connectivity index (χ1v) is 8.90. The number of hydrogen-bond donors (Lipinski definition) is 2. The highest BCUT2D eigenvalue weighted by molar-refractivity contribution is 7.09.